The van der Waals surface area contributed by atoms with Gasteiger partial charge in [0.15, 0.2) is 9.84 Å². The Morgan fingerprint density at radius 2 is 1.93 bits per heavy atom. The Bertz CT molecular complexity index is 355. The van der Waals surface area contributed by atoms with Crippen molar-refractivity contribution in [1.29, 1.82) is 5.26 Å². The predicted molar refractivity (Wildman–Crippen MR) is 50.0 cm³/mol. The highest BCUT2D eigenvalue weighted by atomic mass is 32.2. The summed E-state index contributed by atoms with van der Waals surface area (Å²) in [5.74, 6) is -0.938. The quantitative estimate of drug-likeness (QED) is 0.586. The molecular weight excluding hydrogens is 204 g/mol. The van der Waals surface area contributed by atoms with Crippen LogP contribution in [-0.4, -0.2) is 43.8 Å². The lowest BCUT2D eigenvalue weighted by molar-refractivity contribution is -0.132. The molecule has 1 rings (SSSR count). The van der Waals surface area contributed by atoms with Gasteiger partial charge in [0.25, 0.3) is 0 Å². The van der Waals surface area contributed by atoms with Gasteiger partial charge in [-0.15, -0.1) is 0 Å². The maximum absolute atomic E-state index is 11.4. The summed E-state index contributed by atoms with van der Waals surface area (Å²) in [7, 11) is -2.96. The lowest BCUT2D eigenvalue weighted by Gasteiger charge is -2.27. The molecule has 0 aromatic heterocycles. The Kier molecular flexibility index (Phi) is 3.11. The molecule has 1 amide bonds. The first-order valence-corrected chi connectivity index (χ1v) is 6.17. The monoisotopic (exact) mass is 216 g/mol. The van der Waals surface area contributed by atoms with Crippen LogP contribution in [0.1, 0.15) is 6.92 Å². The van der Waals surface area contributed by atoms with Crippen molar-refractivity contribution in [3.63, 3.8) is 0 Å². The first kappa shape index (κ1) is 11.0. The smallest absolute Gasteiger partial charge is 0.239 e. The van der Waals surface area contributed by atoms with E-state index in [9.17, 15) is 13.2 Å². The van der Waals surface area contributed by atoms with Gasteiger partial charge in [-0.05, 0) is 6.92 Å². The van der Waals surface area contributed by atoms with Gasteiger partial charge in [-0.25, -0.2) is 8.42 Å². The fourth-order valence-electron chi connectivity index (χ4n) is 1.26. The molecule has 1 saturated heterocycles. The third kappa shape index (κ3) is 2.45. The van der Waals surface area contributed by atoms with E-state index in [1.54, 1.807) is 0 Å². The third-order valence-electron chi connectivity index (χ3n) is 2.22. The van der Waals surface area contributed by atoms with Crippen LogP contribution in [-0.2, 0) is 14.6 Å². The topological polar surface area (TPSA) is 78.2 Å². The largest absolute Gasteiger partial charge is 0.340 e. The summed E-state index contributed by atoms with van der Waals surface area (Å²) < 4.78 is 22.1. The zero-order valence-corrected chi connectivity index (χ0v) is 8.75. The Morgan fingerprint density at radius 1 is 1.43 bits per heavy atom. The molecule has 0 aliphatic carbocycles. The molecule has 1 heterocycles. The van der Waals surface area contributed by atoms with Crippen LogP contribution in [0.3, 0.4) is 0 Å². The van der Waals surface area contributed by atoms with Crippen molar-refractivity contribution in [3.05, 3.63) is 0 Å². The molecule has 1 unspecified atom stereocenters. The maximum atomic E-state index is 11.4. The van der Waals surface area contributed by atoms with Crippen molar-refractivity contribution in [3.8, 4) is 6.07 Å². The van der Waals surface area contributed by atoms with Gasteiger partial charge in [0.1, 0.15) is 5.92 Å². The number of carbonyl (C=O) groups excluding carboxylic acids is 1. The van der Waals surface area contributed by atoms with Gasteiger partial charge in [-0.3, -0.25) is 4.79 Å². The number of rotatable bonds is 1. The van der Waals surface area contributed by atoms with Crippen molar-refractivity contribution in [2.75, 3.05) is 24.6 Å². The minimum atomic E-state index is -2.96. The number of hydrogen-bond donors (Lipinski definition) is 0. The molecule has 0 aromatic rings. The van der Waals surface area contributed by atoms with Crippen molar-refractivity contribution >= 4 is 15.7 Å². The van der Waals surface area contributed by atoms with Gasteiger partial charge < -0.3 is 4.90 Å². The summed E-state index contributed by atoms with van der Waals surface area (Å²) in [4.78, 5) is 12.9. The summed E-state index contributed by atoms with van der Waals surface area (Å²) in [6.45, 7) is 1.95. The van der Waals surface area contributed by atoms with Crippen LogP contribution in [0.2, 0.25) is 0 Å². The van der Waals surface area contributed by atoms with Gasteiger partial charge in [-0.2, -0.15) is 5.26 Å². The molecule has 6 heteroatoms. The second kappa shape index (κ2) is 3.96. The molecule has 0 bridgehead atoms. The maximum Gasteiger partial charge on any atom is 0.239 e. The summed E-state index contributed by atoms with van der Waals surface area (Å²) in [6, 6.07) is 1.84. The molecule has 0 aromatic carbocycles. The van der Waals surface area contributed by atoms with Crippen LogP contribution < -0.4 is 0 Å². The lowest BCUT2D eigenvalue weighted by atomic mass is 10.2. The summed E-state index contributed by atoms with van der Waals surface area (Å²) in [6.07, 6.45) is 0. The molecule has 1 atom stereocenters. The average molecular weight is 216 g/mol. The fraction of sp³-hybridized carbons (Fsp3) is 0.750. The standard InChI is InChI=1S/C8H12N2O3S/c1-7(6-9)8(11)10-2-4-14(12,13)5-3-10/h7H,2-5H2,1H3. The number of amides is 1. The van der Waals surface area contributed by atoms with Gasteiger partial charge in [0.05, 0.1) is 17.6 Å². The third-order valence-corrected chi connectivity index (χ3v) is 3.83. The first-order valence-electron chi connectivity index (χ1n) is 4.35. The number of sulfone groups is 1. The van der Waals surface area contributed by atoms with E-state index >= 15 is 0 Å². The van der Waals surface area contributed by atoms with E-state index in [1.165, 1.54) is 11.8 Å². The predicted octanol–water partition coefficient (Wildman–Crippen LogP) is -0.597. The van der Waals surface area contributed by atoms with Gasteiger partial charge in [0.2, 0.25) is 5.91 Å². The van der Waals surface area contributed by atoms with E-state index in [0.717, 1.165) is 0 Å². The molecule has 14 heavy (non-hydrogen) atoms. The number of nitriles is 1. The number of nitrogens with zero attached hydrogens (tertiary/aromatic N) is 2. The Labute approximate surface area is 83.2 Å². The fourth-order valence-corrected chi connectivity index (χ4v) is 2.46. The molecule has 0 spiro atoms. The highest BCUT2D eigenvalue weighted by Crippen LogP contribution is 2.07. The van der Waals surface area contributed by atoms with E-state index in [4.69, 9.17) is 5.26 Å². The van der Waals surface area contributed by atoms with E-state index in [0.29, 0.717) is 0 Å². The lowest BCUT2D eigenvalue weighted by Crippen LogP contribution is -2.45. The number of carbonyl (C=O) groups is 1. The van der Waals surface area contributed by atoms with E-state index in [1.807, 2.05) is 6.07 Å². The normalized spacial score (nSPS) is 22.4. The van der Waals surface area contributed by atoms with Crippen LogP contribution in [0, 0.1) is 17.2 Å². The van der Waals surface area contributed by atoms with Crippen molar-refractivity contribution < 1.29 is 13.2 Å². The summed E-state index contributed by atoms with van der Waals surface area (Å²) in [5, 5.41) is 8.52. The van der Waals surface area contributed by atoms with E-state index < -0.39 is 15.8 Å². The second-order valence-corrected chi connectivity index (χ2v) is 5.63. The Balaban J connectivity index is 2.59. The number of hydrogen-bond acceptors (Lipinski definition) is 4. The Hall–Kier alpha value is -1.09. The van der Waals surface area contributed by atoms with Gasteiger partial charge in [-0.1, -0.05) is 0 Å². The van der Waals surface area contributed by atoms with Crippen LogP contribution >= 0.6 is 0 Å². The zero-order chi connectivity index (χ0) is 10.8. The second-order valence-electron chi connectivity index (χ2n) is 3.33. The van der Waals surface area contributed by atoms with Crippen LogP contribution in [0.25, 0.3) is 0 Å². The summed E-state index contributed by atoms with van der Waals surface area (Å²) >= 11 is 0. The molecule has 1 aliphatic rings. The molecule has 5 nitrogen and oxygen atoms in total. The molecule has 0 saturated carbocycles. The molecule has 78 valence electrons. The zero-order valence-electron chi connectivity index (χ0n) is 7.93. The summed E-state index contributed by atoms with van der Waals surface area (Å²) in [5.41, 5.74) is 0. The molecule has 0 radical (unpaired) electrons. The van der Waals surface area contributed by atoms with Crippen molar-refractivity contribution in [1.82, 2.24) is 4.90 Å². The highest BCUT2D eigenvalue weighted by molar-refractivity contribution is 7.91. The van der Waals surface area contributed by atoms with Crippen LogP contribution in [0.15, 0.2) is 0 Å². The Morgan fingerprint density at radius 3 is 2.36 bits per heavy atom. The highest BCUT2D eigenvalue weighted by Gasteiger charge is 2.27. The van der Waals surface area contributed by atoms with Crippen molar-refractivity contribution in [2.24, 2.45) is 5.92 Å². The van der Waals surface area contributed by atoms with Gasteiger partial charge in [0, 0.05) is 13.1 Å². The van der Waals surface area contributed by atoms with E-state index in [2.05, 4.69) is 0 Å². The van der Waals surface area contributed by atoms with Gasteiger partial charge >= 0.3 is 0 Å². The van der Waals surface area contributed by atoms with Crippen molar-refractivity contribution in [2.45, 2.75) is 6.92 Å². The van der Waals surface area contributed by atoms with Crippen LogP contribution in [0.5, 0.6) is 0 Å². The molecule has 1 aliphatic heterocycles. The van der Waals surface area contributed by atoms with Crippen LogP contribution in [0.4, 0.5) is 0 Å². The SMILES string of the molecule is CC(C#N)C(=O)N1CCS(=O)(=O)CC1. The molecular formula is C8H12N2O3S. The minimum absolute atomic E-state index is 0.0108. The first-order chi connectivity index (χ1) is 6.46. The molecule has 0 N–H and O–H groups in total. The minimum Gasteiger partial charge on any atom is -0.340 e. The molecule has 1 fully saturated rings. The van der Waals surface area contributed by atoms with E-state index in [-0.39, 0.29) is 30.5 Å². The average Bonchev–Trinajstić information content (AvgIpc) is 2.15.